The van der Waals surface area contributed by atoms with Crippen molar-refractivity contribution in [3.05, 3.63) is 40.4 Å². The van der Waals surface area contributed by atoms with E-state index in [2.05, 4.69) is 10.2 Å². The van der Waals surface area contributed by atoms with Gasteiger partial charge in [0, 0.05) is 10.9 Å². The van der Waals surface area contributed by atoms with Gasteiger partial charge in [-0.15, -0.1) is 10.2 Å². The largest absolute Gasteiger partial charge is 0.465 e. The molecule has 1 unspecified atom stereocenters. The summed E-state index contributed by atoms with van der Waals surface area (Å²) in [5.41, 5.74) is 1.56. The molecule has 0 radical (unpaired) electrons. The molecule has 7 nitrogen and oxygen atoms in total. The van der Waals surface area contributed by atoms with Crippen molar-refractivity contribution >= 4 is 17.7 Å². The molecule has 11 heteroatoms. The van der Waals surface area contributed by atoms with Crippen LogP contribution in [0.4, 0.5) is 18.0 Å². The van der Waals surface area contributed by atoms with Crippen LogP contribution in [0.15, 0.2) is 18.2 Å². The lowest BCUT2D eigenvalue weighted by Crippen LogP contribution is -2.28. The Balaban J connectivity index is 1.53. The molecule has 2 aliphatic rings. The zero-order valence-electron chi connectivity index (χ0n) is 17.5. The zero-order valence-corrected chi connectivity index (χ0v) is 18.2. The Bertz CT molecular complexity index is 989. The third-order valence-corrected chi connectivity index (χ3v) is 6.22. The highest BCUT2D eigenvalue weighted by Crippen LogP contribution is 2.37. The third kappa shape index (κ3) is 5.01. The lowest BCUT2D eigenvalue weighted by Gasteiger charge is -2.30. The molecule has 2 heterocycles. The molecule has 4 rings (SSSR count). The summed E-state index contributed by atoms with van der Waals surface area (Å²) in [6, 6.07) is 5.34. The average Bonchev–Trinajstić information content (AvgIpc) is 3.02. The molecule has 0 bridgehead atoms. The molecule has 0 saturated heterocycles. The van der Waals surface area contributed by atoms with Crippen molar-refractivity contribution in [2.45, 2.75) is 76.4 Å². The van der Waals surface area contributed by atoms with Crippen LogP contribution < -0.4 is 0 Å². The highest BCUT2D eigenvalue weighted by Gasteiger charge is 2.34. The van der Waals surface area contributed by atoms with Gasteiger partial charge < -0.3 is 9.84 Å². The van der Waals surface area contributed by atoms with E-state index < -0.39 is 24.8 Å². The molecule has 1 N–H and O–H groups in total. The number of fused-ring (bicyclic) bond motifs is 3. The Morgan fingerprint density at radius 1 is 1.25 bits per heavy atom. The minimum atomic E-state index is -4.24. The van der Waals surface area contributed by atoms with E-state index in [-0.39, 0.29) is 25.1 Å². The molecule has 1 aromatic carbocycles. The van der Waals surface area contributed by atoms with Gasteiger partial charge in [-0.25, -0.2) is 4.79 Å². The molecule has 1 atom stereocenters. The summed E-state index contributed by atoms with van der Waals surface area (Å²) < 4.78 is 45.3. The highest BCUT2D eigenvalue weighted by molar-refractivity contribution is 6.30. The van der Waals surface area contributed by atoms with Crippen molar-refractivity contribution in [3.8, 4) is 5.69 Å². The average molecular weight is 473 g/mol. The number of hydrogen-bond donors (Lipinski definition) is 1. The van der Waals surface area contributed by atoms with E-state index in [0.29, 0.717) is 36.5 Å². The predicted octanol–water partition coefficient (Wildman–Crippen LogP) is 5.30. The normalized spacial score (nSPS) is 22.1. The van der Waals surface area contributed by atoms with Crippen molar-refractivity contribution in [1.82, 2.24) is 19.7 Å². The van der Waals surface area contributed by atoms with E-state index >= 15 is 0 Å². The summed E-state index contributed by atoms with van der Waals surface area (Å²) in [6.45, 7) is 1.74. The smallest absolute Gasteiger partial charge is 0.408 e. The Hall–Kier alpha value is -2.33. The minimum Gasteiger partial charge on any atom is -0.465 e. The summed E-state index contributed by atoms with van der Waals surface area (Å²) in [4.78, 5) is 12.9. The number of carbonyl (C=O) groups is 1. The molecule has 1 saturated carbocycles. The molecular formula is C21H24ClF3N4O3. The summed E-state index contributed by atoms with van der Waals surface area (Å²) >= 11 is 6.15. The van der Waals surface area contributed by atoms with E-state index in [9.17, 15) is 23.1 Å². The van der Waals surface area contributed by atoms with Crippen molar-refractivity contribution in [2.24, 2.45) is 0 Å². The number of alkyl halides is 3. The van der Waals surface area contributed by atoms with Crippen LogP contribution >= 0.6 is 11.6 Å². The summed E-state index contributed by atoms with van der Waals surface area (Å²) in [5.74, 6) is 1.31. The highest BCUT2D eigenvalue weighted by atomic mass is 35.5. The fourth-order valence-corrected chi connectivity index (χ4v) is 4.78. The molecule has 1 fully saturated rings. The van der Waals surface area contributed by atoms with Gasteiger partial charge in [-0.3, -0.25) is 9.47 Å². The van der Waals surface area contributed by atoms with Crippen LogP contribution in [-0.2, 0) is 17.8 Å². The number of rotatable bonds is 4. The topological polar surface area (TPSA) is 80.5 Å². The Kier molecular flexibility index (Phi) is 6.35. The molecule has 0 spiro atoms. The first-order chi connectivity index (χ1) is 15.1. The molecular weight excluding hydrogens is 449 g/mol. The Morgan fingerprint density at radius 2 is 1.97 bits per heavy atom. The molecule has 1 amide bonds. The first-order valence-electron chi connectivity index (χ1n) is 10.5. The van der Waals surface area contributed by atoms with Gasteiger partial charge >= 0.3 is 12.3 Å². The first-order valence-corrected chi connectivity index (χ1v) is 10.9. The number of hydrogen-bond acceptors (Lipinski definition) is 4. The molecule has 2 aromatic rings. The van der Waals surface area contributed by atoms with Crippen LogP contribution in [0.2, 0.25) is 5.02 Å². The standard InChI is InChI=1S/C21H24ClF3N4O3/c1-12(9-21(23,24)25)32-16-5-2-13(3-6-16)19-27-26-18-11-28(20(30)31)10-14-8-15(22)4-7-17(14)29(18)19/h4,7-8,12-13,16H,2-3,5-6,9-11H2,1H3,(H,30,31). The lowest BCUT2D eigenvalue weighted by molar-refractivity contribution is -0.166. The number of amides is 1. The Morgan fingerprint density at radius 3 is 2.62 bits per heavy atom. The fourth-order valence-electron chi connectivity index (χ4n) is 4.59. The van der Waals surface area contributed by atoms with Gasteiger partial charge in [0.2, 0.25) is 0 Å². The third-order valence-electron chi connectivity index (χ3n) is 5.98. The van der Waals surface area contributed by atoms with Crippen LogP contribution in [0.25, 0.3) is 5.69 Å². The van der Waals surface area contributed by atoms with Gasteiger partial charge in [-0.2, -0.15) is 13.2 Å². The second-order valence-corrected chi connectivity index (χ2v) is 8.90. The lowest BCUT2D eigenvalue weighted by atomic mass is 9.86. The number of benzene rings is 1. The van der Waals surface area contributed by atoms with E-state index in [0.717, 1.165) is 17.1 Å². The van der Waals surface area contributed by atoms with Crippen LogP contribution in [-0.4, -0.2) is 49.2 Å². The van der Waals surface area contributed by atoms with Crippen LogP contribution in [0.3, 0.4) is 0 Å². The molecule has 32 heavy (non-hydrogen) atoms. The summed E-state index contributed by atoms with van der Waals surface area (Å²) in [7, 11) is 0. The predicted molar refractivity (Wildman–Crippen MR) is 110 cm³/mol. The van der Waals surface area contributed by atoms with Crippen LogP contribution in [0.1, 0.15) is 62.2 Å². The van der Waals surface area contributed by atoms with Crippen molar-refractivity contribution in [2.75, 3.05) is 0 Å². The second kappa shape index (κ2) is 8.90. The van der Waals surface area contributed by atoms with E-state index in [4.69, 9.17) is 16.3 Å². The van der Waals surface area contributed by atoms with Crippen LogP contribution in [0.5, 0.6) is 0 Å². The zero-order chi connectivity index (χ0) is 23.0. The van der Waals surface area contributed by atoms with Gasteiger partial charge in [0.05, 0.1) is 37.4 Å². The maximum absolute atomic E-state index is 12.6. The first kappa shape index (κ1) is 22.8. The van der Waals surface area contributed by atoms with Gasteiger partial charge in [-0.05, 0) is 56.4 Å². The van der Waals surface area contributed by atoms with E-state index in [1.807, 2.05) is 10.6 Å². The molecule has 1 aromatic heterocycles. The second-order valence-electron chi connectivity index (χ2n) is 8.46. The van der Waals surface area contributed by atoms with Crippen molar-refractivity contribution in [1.29, 1.82) is 0 Å². The number of aromatic nitrogens is 3. The van der Waals surface area contributed by atoms with Gasteiger partial charge in [0.15, 0.2) is 5.82 Å². The fraction of sp³-hybridized carbons (Fsp3) is 0.571. The van der Waals surface area contributed by atoms with Gasteiger partial charge in [0.1, 0.15) is 5.82 Å². The molecule has 1 aliphatic heterocycles. The quantitative estimate of drug-likeness (QED) is 0.653. The Labute approximate surface area is 188 Å². The summed E-state index contributed by atoms with van der Waals surface area (Å²) in [6.07, 6.45) is -4.68. The monoisotopic (exact) mass is 472 g/mol. The number of ether oxygens (including phenoxy) is 1. The van der Waals surface area contributed by atoms with Crippen molar-refractivity contribution in [3.63, 3.8) is 0 Å². The maximum Gasteiger partial charge on any atom is 0.408 e. The SMILES string of the molecule is CC(CC(F)(F)F)OC1CCC(c2nnc3n2-c2ccc(Cl)cc2CN(C(=O)O)C3)CC1. The van der Waals surface area contributed by atoms with Gasteiger partial charge in [0.25, 0.3) is 0 Å². The number of nitrogens with zero attached hydrogens (tertiary/aromatic N) is 4. The maximum atomic E-state index is 12.6. The minimum absolute atomic E-state index is 0.0499. The number of halogens is 4. The molecule has 174 valence electrons. The summed E-state index contributed by atoms with van der Waals surface area (Å²) in [5, 5.41) is 18.7. The molecule has 1 aliphatic carbocycles. The van der Waals surface area contributed by atoms with Gasteiger partial charge in [-0.1, -0.05) is 11.6 Å². The number of carboxylic acid groups (broad SMARTS) is 1. The van der Waals surface area contributed by atoms with E-state index in [1.54, 1.807) is 12.1 Å². The van der Waals surface area contributed by atoms with Crippen LogP contribution in [0, 0.1) is 0 Å². The van der Waals surface area contributed by atoms with E-state index in [1.165, 1.54) is 11.8 Å². The van der Waals surface area contributed by atoms with Crippen molar-refractivity contribution < 1.29 is 27.8 Å².